The fraction of sp³-hybridized carbons (Fsp3) is 0. The van der Waals surface area contributed by atoms with Gasteiger partial charge in [-0.05, 0) is 24.3 Å². The Bertz CT molecular complexity index is 799. The van der Waals surface area contributed by atoms with Crippen molar-refractivity contribution in [1.29, 1.82) is 0 Å². The molecule has 2 aromatic carbocycles. The van der Waals surface area contributed by atoms with Gasteiger partial charge in [0.15, 0.2) is 11.5 Å². The molecule has 0 atom stereocenters. The molecule has 0 aliphatic carbocycles. The highest BCUT2D eigenvalue weighted by Gasteiger charge is 2.26. The Morgan fingerprint density at radius 2 is 1.81 bits per heavy atom. The lowest BCUT2D eigenvalue weighted by Gasteiger charge is -1.97. The minimum Gasteiger partial charge on any atom is -0.456 e. The van der Waals surface area contributed by atoms with Crippen molar-refractivity contribution in [3.63, 3.8) is 0 Å². The summed E-state index contributed by atoms with van der Waals surface area (Å²) in [6.45, 7) is 0. The van der Waals surface area contributed by atoms with Gasteiger partial charge in [0.25, 0.3) is 0 Å². The van der Waals surface area contributed by atoms with Gasteiger partial charge in [0.2, 0.25) is 5.43 Å². The van der Waals surface area contributed by atoms with Gasteiger partial charge in [0, 0.05) is 0 Å². The van der Waals surface area contributed by atoms with E-state index in [1.54, 1.807) is 18.2 Å². The summed E-state index contributed by atoms with van der Waals surface area (Å²) in [6, 6.07) is 10.8. The van der Waals surface area contributed by atoms with Crippen molar-refractivity contribution in [3.8, 4) is 11.5 Å². The molecule has 0 fully saturated rings. The quantitative estimate of drug-likeness (QED) is 0.331. The number of hydrogen-bond donors (Lipinski definition) is 0. The van der Waals surface area contributed by atoms with Crippen LogP contribution >= 0.6 is 0 Å². The molecule has 1 aromatic heterocycles. The molecule has 76 valence electrons. The molecule has 0 radical (unpaired) electrons. The van der Waals surface area contributed by atoms with Crippen molar-refractivity contribution in [3.05, 3.63) is 46.6 Å². The van der Waals surface area contributed by atoms with Crippen molar-refractivity contribution >= 4 is 21.9 Å². The van der Waals surface area contributed by atoms with Crippen LogP contribution in [-0.4, -0.2) is 0 Å². The molecule has 0 unspecified atom stereocenters. The van der Waals surface area contributed by atoms with Gasteiger partial charge >= 0.3 is 0 Å². The Hall–Kier alpha value is -2.29. The predicted octanol–water partition coefficient (Wildman–Crippen LogP) is 3.05. The standard InChI is InChI=1S/C13H6O3/c14-12-7-3-1-2-4-8(7)15-9-5-6-10-13(16-10)11(9)12/h1-6H. The molecular formula is C13H6O3. The fourth-order valence-corrected chi connectivity index (χ4v) is 2.01. The van der Waals surface area contributed by atoms with Crippen LogP contribution in [0.1, 0.15) is 0 Å². The molecule has 3 heteroatoms. The van der Waals surface area contributed by atoms with E-state index in [2.05, 4.69) is 0 Å². The van der Waals surface area contributed by atoms with Gasteiger partial charge in [-0.2, -0.15) is 0 Å². The van der Waals surface area contributed by atoms with E-state index in [1.807, 2.05) is 18.2 Å². The zero-order valence-corrected chi connectivity index (χ0v) is 8.19. The third-order valence-electron chi connectivity index (χ3n) is 2.83. The van der Waals surface area contributed by atoms with Crippen molar-refractivity contribution in [2.24, 2.45) is 0 Å². The number of benzene rings is 2. The maximum atomic E-state index is 12.2. The lowest BCUT2D eigenvalue weighted by Crippen LogP contribution is -2.00. The zero-order chi connectivity index (χ0) is 10.7. The molecule has 0 saturated carbocycles. The summed E-state index contributed by atoms with van der Waals surface area (Å²) in [4.78, 5) is 12.2. The van der Waals surface area contributed by atoms with Crippen LogP contribution < -0.4 is 10.2 Å². The highest BCUT2D eigenvalue weighted by atomic mass is 16.6. The normalized spacial score (nSPS) is 12.5. The molecule has 4 rings (SSSR count). The Morgan fingerprint density at radius 3 is 2.75 bits per heavy atom. The first-order chi connectivity index (χ1) is 7.84. The molecule has 0 bridgehead atoms. The molecule has 0 amide bonds. The Kier molecular flexibility index (Phi) is 1.21. The smallest absolute Gasteiger partial charge is 0.204 e. The molecule has 3 nitrogen and oxygen atoms in total. The molecule has 0 N–H and O–H groups in total. The Labute approximate surface area is 89.9 Å². The summed E-state index contributed by atoms with van der Waals surface area (Å²) < 4.78 is 10.9. The van der Waals surface area contributed by atoms with E-state index in [9.17, 15) is 4.79 Å². The van der Waals surface area contributed by atoms with Gasteiger partial charge in [0.1, 0.15) is 16.6 Å². The van der Waals surface area contributed by atoms with Crippen molar-refractivity contribution in [2.45, 2.75) is 0 Å². The van der Waals surface area contributed by atoms with Gasteiger partial charge in [-0.1, -0.05) is 12.1 Å². The summed E-state index contributed by atoms with van der Waals surface area (Å²) in [5.41, 5.74) is 1.17. The highest BCUT2D eigenvalue weighted by molar-refractivity contribution is 5.97. The van der Waals surface area contributed by atoms with E-state index < -0.39 is 0 Å². The number of hydrogen-bond acceptors (Lipinski definition) is 3. The minimum atomic E-state index is -0.0220. The third-order valence-corrected chi connectivity index (χ3v) is 2.83. The van der Waals surface area contributed by atoms with Crippen LogP contribution in [0.2, 0.25) is 0 Å². The van der Waals surface area contributed by atoms with Crippen LogP contribution in [0.5, 0.6) is 11.5 Å². The second-order valence-corrected chi connectivity index (χ2v) is 3.80. The van der Waals surface area contributed by atoms with Crippen molar-refractivity contribution < 1.29 is 9.15 Å². The first kappa shape index (κ1) is 7.93. The lowest BCUT2D eigenvalue weighted by atomic mass is 10.1. The topological polar surface area (TPSA) is 42.7 Å². The third kappa shape index (κ3) is 0.852. The van der Waals surface area contributed by atoms with Crippen LogP contribution in [-0.2, 0) is 0 Å². The zero-order valence-electron chi connectivity index (χ0n) is 8.19. The lowest BCUT2D eigenvalue weighted by molar-refractivity contribution is 0.649. The fourth-order valence-electron chi connectivity index (χ4n) is 2.01. The van der Waals surface area contributed by atoms with E-state index >= 15 is 0 Å². The molecule has 1 aliphatic rings. The second-order valence-electron chi connectivity index (χ2n) is 3.80. The molecular weight excluding hydrogens is 204 g/mol. The Balaban J connectivity index is 2.36. The van der Waals surface area contributed by atoms with E-state index in [1.165, 1.54) is 0 Å². The first-order valence-corrected chi connectivity index (χ1v) is 5.01. The van der Waals surface area contributed by atoms with Crippen LogP contribution in [0, 0.1) is 0 Å². The van der Waals surface area contributed by atoms with Crippen LogP contribution in [0.3, 0.4) is 0 Å². The maximum Gasteiger partial charge on any atom is 0.204 e. The molecule has 0 saturated heterocycles. The summed E-state index contributed by atoms with van der Waals surface area (Å²) in [7, 11) is 0. The highest BCUT2D eigenvalue weighted by Crippen LogP contribution is 2.49. The predicted molar refractivity (Wildman–Crippen MR) is 60.1 cm³/mol. The van der Waals surface area contributed by atoms with Gasteiger partial charge in [-0.3, -0.25) is 4.79 Å². The minimum absolute atomic E-state index is 0.0220. The van der Waals surface area contributed by atoms with Crippen LogP contribution in [0.15, 0.2) is 45.6 Å². The van der Waals surface area contributed by atoms with Gasteiger partial charge in [0.05, 0.1) is 5.39 Å². The molecule has 2 heterocycles. The maximum absolute atomic E-state index is 12.2. The van der Waals surface area contributed by atoms with E-state index in [4.69, 9.17) is 9.15 Å². The monoisotopic (exact) mass is 210 g/mol. The number of ether oxygens (including phenoxy) is 1. The molecule has 0 spiro atoms. The van der Waals surface area contributed by atoms with E-state index in [0.717, 1.165) is 5.75 Å². The number of fused-ring (bicyclic) bond motifs is 4. The van der Waals surface area contributed by atoms with Gasteiger partial charge < -0.3 is 9.15 Å². The average molecular weight is 210 g/mol. The van der Waals surface area contributed by atoms with Crippen molar-refractivity contribution in [1.82, 2.24) is 0 Å². The first-order valence-electron chi connectivity index (χ1n) is 5.01. The van der Waals surface area contributed by atoms with Gasteiger partial charge in [-0.25, -0.2) is 0 Å². The molecule has 16 heavy (non-hydrogen) atoms. The Morgan fingerprint density at radius 1 is 0.938 bits per heavy atom. The molecule has 1 aliphatic heterocycles. The average Bonchev–Trinajstić information content (AvgIpc) is 3.08. The SMILES string of the molecule is O=c1c2ccccc2oc2ccc3c(c12)O3. The summed E-state index contributed by atoms with van der Waals surface area (Å²) in [6.07, 6.45) is 0. The van der Waals surface area contributed by atoms with Crippen molar-refractivity contribution in [2.75, 3.05) is 0 Å². The number of rotatable bonds is 0. The summed E-state index contributed by atoms with van der Waals surface area (Å²) in [5.74, 6) is 1.44. The van der Waals surface area contributed by atoms with E-state index in [-0.39, 0.29) is 5.43 Å². The largest absolute Gasteiger partial charge is 0.456 e. The second kappa shape index (κ2) is 2.44. The van der Waals surface area contributed by atoms with Gasteiger partial charge in [-0.15, -0.1) is 0 Å². The van der Waals surface area contributed by atoms with Crippen LogP contribution in [0.4, 0.5) is 0 Å². The summed E-state index contributed by atoms with van der Waals surface area (Å²) in [5, 5.41) is 1.15. The van der Waals surface area contributed by atoms with Crippen LogP contribution in [0.25, 0.3) is 21.9 Å². The number of para-hydroxylation sites is 1. The molecule has 3 aromatic rings. The summed E-state index contributed by atoms with van der Waals surface area (Å²) >= 11 is 0. The van der Waals surface area contributed by atoms with E-state index in [0.29, 0.717) is 27.7 Å².